The first-order valence-electron chi connectivity index (χ1n) is 5.22. The average molecular weight is 245 g/mol. The lowest BCUT2D eigenvalue weighted by Crippen LogP contribution is -2.01. The number of benzene rings is 1. The van der Waals surface area contributed by atoms with E-state index in [4.69, 9.17) is 0 Å². The van der Waals surface area contributed by atoms with E-state index in [1.54, 1.807) is 18.6 Å². The number of nitrogens with zero attached hydrogens (tertiary/aromatic N) is 2. The summed E-state index contributed by atoms with van der Waals surface area (Å²) in [6.07, 6.45) is 5.17. The SMILES string of the molecule is O=[N+]([O-])C1=CC[CH]C(c2cccc([N+](=O)[O-])c2)=C1. The number of hydrogen-bond donors (Lipinski definition) is 0. The van der Waals surface area contributed by atoms with Gasteiger partial charge in [0.25, 0.3) is 11.4 Å². The molecule has 18 heavy (non-hydrogen) atoms. The summed E-state index contributed by atoms with van der Waals surface area (Å²) in [7, 11) is 0. The molecular formula is C12H9N2O4. The Balaban J connectivity index is 2.37. The van der Waals surface area contributed by atoms with Crippen molar-refractivity contribution in [2.24, 2.45) is 0 Å². The summed E-state index contributed by atoms with van der Waals surface area (Å²) >= 11 is 0. The van der Waals surface area contributed by atoms with E-state index >= 15 is 0 Å². The molecule has 0 spiro atoms. The fourth-order valence-electron chi connectivity index (χ4n) is 1.71. The van der Waals surface area contributed by atoms with Crippen LogP contribution >= 0.6 is 0 Å². The number of nitro groups is 2. The van der Waals surface area contributed by atoms with E-state index in [1.165, 1.54) is 24.3 Å². The van der Waals surface area contributed by atoms with Gasteiger partial charge in [0.2, 0.25) is 0 Å². The summed E-state index contributed by atoms with van der Waals surface area (Å²) in [6.45, 7) is 0. The van der Waals surface area contributed by atoms with Crippen LogP contribution in [0.15, 0.2) is 42.1 Å². The molecule has 0 amide bonds. The highest BCUT2D eigenvalue weighted by molar-refractivity contribution is 5.76. The number of allylic oxidation sites excluding steroid dienone is 3. The van der Waals surface area contributed by atoms with E-state index in [-0.39, 0.29) is 11.4 Å². The third kappa shape index (κ3) is 2.42. The molecular weight excluding hydrogens is 236 g/mol. The molecule has 6 nitrogen and oxygen atoms in total. The van der Waals surface area contributed by atoms with Crippen LogP contribution in [0.2, 0.25) is 0 Å². The number of non-ortho nitro benzene ring substituents is 1. The molecule has 1 radical (unpaired) electrons. The topological polar surface area (TPSA) is 86.3 Å². The standard InChI is InChI=1S/C12H9N2O4/c15-13(16)11-5-1-3-9(7-11)10-4-2-6-12(8-10)14(17)18/h1,3-8H,2H2. The normalized spacial score (nSPS) is 14.7. The summed E-state index contributed by atoms with van der Waals surface area (Å²) in [5.74, 6) is 0. The van der Waals surface area contributed by atoms with Crippen molar-refractivity contribution in [3.05, 3.63) is 74.3 Å². The minimum atomic E-state index is -0.489. The summed E-state index contributed by atoms with van der Waals surface area (Å²) in [5, 5.41) is 21.3. The van der Waals surface area contributed by atoms with Gasteiger partial charge in [-0.1, -0.05) is 12.1 Å². The van der Waals surface area contributed by atoms with Crippen LogP contribution in [0.25, 0.3) is 5.57 Å². The van der Waals surface area contributed by atoms with Crippen molar-refractivity contribution in [3.63, 3.8) is 0 Å². The summed E-state index contributed by atoms with van der Waals surface area (Å²) < 4.78 is 0. The van der Waals surface area contributed by atoms with Crippen LogP contribution in [0, 0.1) is 26.6 Å². The van der Waals surface area contributed by atoms with Crippen LogP contribution in [-0.2, 0) is 0 Å². The highest BCUT2D eigenvalue weighted by Gasteiger charge is 2.16. The first-order chi connectivity index (χ1) is 8.58. The Morgan fingerprint density at radius 3 is 2.56 bits per heavy atom. The van der Waals surface area contributed by atoms with Gasteiger partial charge in [0.15, 0.2) is 0 Å². The van der Waals surface area contributed by atoms with E-state index in [1.807, 2.05) is 0 Å². The van der Waals surface area contributed by atoms with Crippen molar-refractivity contribution in [1.82, 2.24) is 0 Å². The molecule has 6 heteroatoms. The maximum Gasteiger partial charge on any atom is 0.270 e. The molecule has 1 aliphatic rings. The smallest absolute Gasteiger partial charge is 0.258 e. The Hall–Kier alpha value is -2.50. The Morgan fingerprint density at radius 1 is 1.11 bits per heavy atom. The van der Waals surface area contributed by atoms with Gasteiger partial charge in [0, 0.05) is 18.2 Å². The predicted molar refractivity (Wildman–Crippen MR) is 65.1 cm³/mol. The highest BCUT2D eigenvalue weighted by atomic mass is 16.6. The molecule has 0 bridgehead atoms. The van der Waals surface area contributed by atoms with Crippen molar-refractivity contribution in [2.75, 3.05) is 0 Å². The predicted octanol–water partition coefficient (Wildman–Crippen LogP) is 2.75. The highest BCUT2D eigenvalue weighted by Crippen LogP contribution is 2.27. The van der Waals surface area contributed by atoms with Crippen molar-refractivity contribution < 1.29 is 9.85 Å². The molecule has 2 rings (SSSR count). The molecule has 1 aliphatic carbocycles. The van der Waals surface area contributed by atoms with Crippen molar-refractivity contribution in [2.45, 2.75) is 6.42 Å². The first kappa shape index (κ1) is 12.0. The van der Waals surface area contributed by atoms with Gasteiger partial charge in [-0.3, -0.25) is 20.2 Å². The van der Waals surface area contributed by atoms with Crippen LogP contribution < -0.4 is 0 Å². The zero-order chi connectivity index (χ0) is 13.1. The monoisotopic (exact) mass is 245 g/mol. The summed E-state index contributed by atoms with van der Waals surface area (Å²) in [4.78, 5) is 20.4. The summed E-state index contributed by atoms with van der Waals surface area (Å²) in [5.41, 5.74) is 1.22. The summed E-state index contributed by atoms with van der Waals surface area (Å²) in [6, 6.07) is 6.05. The van der Waals surface area contributed by atoms with Gasteiger partial charge in [-0.25, -0.2) is 0 Å². The zero-order valence-corrected chi connectivity index (χ0v) is 9.28. The second kappa shape index (κ2) is 4.79. The van der Waals surface area contributed by atoms with E-state index < -0.39 is 9.85 Å². The Kier molecular flexibility index (Phi) is 3.18. The molecule has 0 N–H and O–H groups in total. The van der Waals surface area contributed by atoms with E-state index in [2.05, 4.69) is 0 Å². The lowest BCUT2D eigenvalue weighted by atomic mass is 9.96. The zero-order valence-electron chi connectivity index (χ0n) is 9.28. The quantitative estimate of drug-likeness (QED) is 0.605. The third-order valence-electron chi connectivity index (χ3n) is 2.57. The van der Waals surface area contributed by atoms with Gasteiger partial charge >= 0.3 is 0 Å². The molecule has 1 aromatic carbocycles. The maximum atomic E-state index is 10.7. The van der Waals surface area contributed by atoms with E-state index in [9.17, 15) is 20.2 Å². The number of rotatable bonds is 3. The Bertz CT molecular complexity index is 575. The second-order valence-corrected chi connectivity index (χ2v) is 3.73. The van der Waals surface area contributed by atoms with E-state index in [0.717, 1.165) is 0 Å². The fraction of sp³-hybridized carbons (Fsp3) is 0.0833. The van der Waals surface area contributed by atoms with Crippen molar-refractivity contribution >= 4 is 11.3 Å². The molecule has 0 unspecified atom stereocenters. The molecule has 91 valence electrons. The van der Waals surface area contributed by atoms with Gasteiger partial charge in [-0.05, 0) is 30.1 Å². The fourth-order valence-corrected chi connectivity index (χ4v) is 1.71. The average Bonchev–Trinajstić information content (AvgIpc) is 2.39. The molecule has 0 fully saturated rings. The molecule has 0 saturated carbocycles. The molecule has 0 saturated heterocycles. The van der Waals surface area contributed by atoms with Gasteiger partial charge < -0.3 is 0 Å². The largest absolute Gasteiger partial charge is 0.270 e. The minimum absolute atomic E-state index is 0.0130. The third-order valence-corrected chi connectivity index (χ3v) is 2.57. The molecule has 0 heterocycles. The van der Waals surface area contributed by atoms with Crippen LogP contribution in [-0.4, -0.2) is 9.85 Å². The maximum absolute atomic E-state index is 10.7. The van der Waals surface area contributed by atoms with Gasteiger partial charge in [0.05, 0.1) is 9.85 Å². The van der Waals surface area contributed by atoms with Crippen LogP contribution in [0.1, 0.15) is 12.0 Å². The van der Waals surface area contributed by atoms with E-state index in [0.29, 0.717) is 17.6 Å². The Labute approximate surface area is 103 Å². The van der Waals surface area contributed by atoms with Crippen LogP contribution in [0.4, 0.5) is 5.69 Å². The number of nitro benzene ring substituents is 1. The molecule has 0 aromatic heterocycles. The van der Waals surface area contributed by atoms with Crippen molar-refractivity contribution in [1.29, 1.82) is 0 Å². The van der Waals surface area contributed by atoms with Crippen molar-refractivity contribution in [3.8, 4) is 0 Å². The molecule has 0 aliphatic heterocycles. The lowest BCUT2D eigenvalue weighted by Gasteiger charge is -2.09. The number of hydrogen-bond acceptors (Lipinski definition) is 4. The minimum Gasteiger partial charge on any atom is -0.258 e. The van der Waals surface area contributed by atoms with Crippen LogP contribution in [0.3, 0.4) is 0 Å². The molecule has 0 atom stereocenters. The Morgan fingerprint density at radius 2 is 1.89 bits per heavy atom. The second-order valence-electron chi connectivity index (χ2n) is 3.73. The van der Waals surface area contributed by atoms with Gasteiger partial charge in [-0.2, -0.15) is 0 Å². The van der Waals surface area contributed by atoms with Gasteiger partial charge in [0.1, 0.15) is 0 Å². The van der Waals surface area contributed by atoms with Crippen LogP contribution in [0.5, 0.6) is 0 Å². The lowest BCUT2D eigenvalue weighted by molar-refractivity contribution is -0.419. The first-order valence-corrected chi connectivity index (χ1v) is 5.22. The molecule has 1 aromatic rings. The van der Waals surface area contributed by atoms with Gasteiger partial charge in [-0.15, -0.1) is 0 Å².